The summed E-state index contributed by atoms with van der Waals surface area (Å²) in [5, 5.41) is 8.20. The largest absolute Gasteiger partial charge is 0.416 e. The first-order chi connectivity index (χ1) is 14.4. The Morgan fingerprint density at radius 3 is 2.67 bits per heavy atom. The van der Waals surface area contributed by atoms with E-state index in [2.05, 4.69) is 10.3 Å². The average Bonchev–Trinajstić information content (AvgIpc) is 3.18. The van der Waals surface area contributed by atoms with E-state index in [0.717, 1.165) is 42.7 Å². The van der Waals surface area contributed by atoms with E-state index in [1.165, 1.54) is 12.1 Å². The van der Waals surface area contributed by atoms with Gasteiger partial charge in [0.1, 0.15) is 5.69 Å². The number of aryl methyl sites for hydroxylation is 1. The van der Waals surface area contributed by atoms with Crippen molar-refractivity contribution in [3.63, 3.8) is 0 Å². The first kappa shape index (κ1) is 20.8. The van der Waals surface area contributed by atoms with Gasteiger partial charge in [-0.2, -0.15) is 13.2 Å². The summed E-state index contributed by atoms with van der Waals surface area (Å²) in [5.74, 6) is -0.293. The molecule has 4 rings (SSSR count). The molecule has 0 radical (unpaired) electrons. The van der Waals surface area contributed by atoms with Crippen LogP contribution in [-0.2, 0) is 35.3 Å². The Kier molecular flexibility index (Phi) is 6.08. The molecular weight excluding hydrogens is 397 g/mol. The summed E-state index contributed by atoms with van der Waals surface area (Å²) in [4.78, 5) is 15.4. The van der Waals surface area contributed by atoms with Gasteiger partial charge < -0.3 is 9.64 Å². The van der Waals surface area contributed by atoms with Gasteiger partial charge in [-0.05, 0) is 49.8 Å². The second kappa shape index (κ2) is 8.75. The fourth-order valence-electron chi connectivity index (χ4n) is 4.23. The van der Waals surface area contributed by atoms with Crippen molar-refractivity contribution in [3.8, 4) is 0 Å². The van der Waals surface area contributed by atoms with Gasteiger partial charge in [0.25, 0.3) is 0 Å². The summed E-state index contributed by atoms with van der Waals surface area (Å²) in [6, 6.07) is 5.12. The van der Waals surface area contributed by atoms with E-state index in [-0.39, 0.29) is 17.9 Å². The van der Waals surface area contributed by atoms with E-state index in [9.17, 15) is 18.0 Å². The van der Waals surface area contributed by atoms with Crippen LogP contribution in [0.1, 0.15) is 42.5 Å². The molecule has 0 unspecified atom stereocenters. The third kappa shape index (κ3) is 4.83. The van der Waals surface area contributed by atoms with E-state index < -0.39 is 11.7 Å². The van der Waals surface area contributed by atoms with Gasteiger partial charge in [-0.15, -0.1) is 5.10 Å². The van der Waals surface area contributed by atoms with Crippen molar-refractivity contribution in [1.82, 2.24) is 19.9 Å². The molecule has 2 aliphatic heterocycles. The molecular formula is C21H25F3N4O2. The number of fused-ring (bicyclic) bond motifs is 3. The minimum atomic E-state index is -4.37. The molecule has 1 saturated heterocycles. The number of benzene rings is 1. The van der Waals surface area contributed by atoms with Crippen LogP contribution in [0.15, 0.2) is 30.5 Å². The second-order valence-corrected chi connectivity index (χ2v) is 8.05. The first-order valence-electron chi connectivity index (χ1n) is 10.3. The Labute approximate surface area is 173 Å². The van der Waals surface area contributed by atoms with Crippen LogP contribution in [0.5, 0.6) is 0 Å². The van der Waals surface area contributed by atoms with Gasteiger partial charge >= 0.3 is 6.18 Å². The SMILES string of the molecule is O=C1[C@@H](Cc2ccc(C(F)(F)F)cc2)CCn2cc(nn2)COC[C@@H]2CCCCN12. The lowest BCUT2D eigenvalue weighted by Gasteiger charge is -2.38. The third-order valence-electron chi connectivity index (χ3n) is 5.88. The highest BCUT2D eigenvalue weighted by Crippen LogP contribution is 2.30. The number of rotatable bonds is 2. The fourth-order valence-corrected chi connectivity index (χ4v) is 4.23. The molecule has 0 saturated carbocycles. The van der Waals surface area contributed by atoms with E-state index in [4.69, 9.17) is 4.74 Å². The van der Waals surface area contributed by atoms with Crippen LogP contribution in [0.2, 0.25) is 0 Å². The Balaban J connectivity index is 1.56. The fraction of sp³-hybridized carbons (Fsp3) is 0.571. The van der Waals surface area contributed by atoms with Gasteiger partial charge in [0.15, 0.2) is 0 Å². The number of hydrogen-bond acceptors (Lipinski definition) is 4. The van der Waals surface area contributed by atoms with Gasteiger partial charge in [0.2, 0.25) is 5.91 Å². The van der Waals surface area contributed by atoms with E-state index in [1.54, 1.807) is 4.68 Å². The van der Waals surface area contributed by atoms with Gasteiger partial charge in [-0.1, -0.05) is 17.3 Å². The topological polar surface area (TPSA) is 60.3 Å². The first-order valence-corrected chi connectivity index (χ1v) is 10.3. The van der Waals surface area contributed by atoms with E-state index in [0.29, 0.717) is 39.1 Å². The molecule has 0 N–H and O–H groups in total. The molecule has 3 heterocycles. The number of ether oxygens (including phenoxy) is 1. The highest BCUT2D eigenvalue weighted by molar-refractivity contribution is 5.79. The molecule has 162 valence electrons. The van der Waals surface area contributed by atoms with Crippen LogP contribution in [0, 0.1) is 5.92 Å². The van der Waals surface area contributed by atoms with Crippen LogP contribution in [0.4, 0.5) is 13.2 Å². The number of aromatic nitrogens is 3. The molecule has 2 atom stereocenters. The lowest BCUT2D eigenvalue weighted by atomic mass is 9.92. The Morgan fingerprint density at radius 1 is 1.10 bits per heavy atom. The molecule has 1 amide bonds. The van der Waals surface area contributed by atoms with Crippen LogP contribution in [0.3, 0.4) is 0 Å². The number of nitrogens with zero attached hydrogens (tertiary/aromatic N) is 4. The lowest BCUT2D eigenvalue weighted by Crippen LogP contribution is -2.49. The Hall–Kier alpha value is -2.42. The molecule has 1 aromatic heterocycles. The summed E-state index contributed by atoms with van der Waals surface area (Å²) in [6.45, 7) is 2.03. The van der Waals surface area contributed by atoms with Gasteiger partial charge in [-0.3, -0.25) is 9.48 Å². The minimum absolute atomic E-state index is 0.0239. The van der Waals surface area contributed by atoms with Crippen molar-refractivity contribution in [2.75, 3.05) is 13.2 Å². The molecule has 1 fully saturated rings. The van der Waals surface area contributed by atoms with Crippen molar-refractivity contribution >= 4 is 5.91 Å². The Bertz CT molecular complexity index is 866. The van der Waals surface area contributed by atoms with Crippen LogP contribution in [-0.4, -0.2) is 45.0 Å². The molecule has 2 aromatic rings. The van der Waals surface area contributed by atoms with Gasteiger partial charge in [0.05, 0.1) is 31.0 Å². The maximum absolute atomic E-state index is 13.4. The molecule has 0 aliphatic carbocycles. The number of alkyl halides is 3. The van der Waals surface area contributed by atoms with Crippen LogP contribution >= 0.6 is 0 Å². The summed E-state index contributed by atoms with van der Waals surface area (Å²) in [6.07, 6.45) is 1.29. The number of carbonyl (C=O) groups is 1. The Morgan fingerprint density at radius 2 is 1.90 bits per heavy atom. The quantitative estimate of drug-likeness (QED) is 0.744. The second-order valence-electron chi connectivity index (χ2n) is 8.05. The standard InChI is InChI=1S/C21H25F3N4O2/c22-21(23,24)17-6-4-15(5-7-17)11-16-8-10-27-12-18(25-26-27)13-30-14-19-3-1-2-9-28(19)20(16)29/h4-7,12,16,19H,1-3,8-11,13-14H2/t16-,19+/m1/s1. The van der Waals surface area contributed by atoms with Crippen molar-refractivity contribution in [1.29, 1.82) is 0 Å². The highest BCUT2D eigenvalue weighted by Gasteiger charge is 2.33. The van der Waals surface area contributed by atoms with Crippen LogP contribution in [0.25, 0.3) is 0 Å². The minimum Gasteiger partial charge on any atom is -0.373 e. The maximum atomic E-state index is 13.4. The zero-order valence-corrected chi connectivity index (χ0v) is 16.6. The van der Waals surface area contributed by atoms with E-state index in [1.807, 2.05) is 11.1 Å². The number of piperidine rings is 1. The van der Waals surface area contributed by atoms with Gasteiger partial charge in [0, 0.05) is 19.0 Å². The predicted molar refractivity (Wildman–Crippen MR) is 102 cm³/mol. The molecule has 2 aliphatic rings. The van der Waals surface area contributed by atoms with Crippen LogP contribution < -0.4 is 0 Å². The monoisotopic (exact) mass is 422 g/mol. The smallest absolute Gasteiger partial charge is 0.373 e. The average molecular weight is 422 g/mol. The number of amides is 1. The molecule has 0 spiro atoms. The summed E-state index contributed by atoms with van der Waals surface area (Å²) >= 11 is 0. The normalized spacial score (nSPS) is 23.4. The maximum Gasteiger partial charge on any atom is 0.416 e. The number of carbonyl (C=O) groups excluding carboxylic acids is 1. The van der Waals surface area contributed by atoms with Crippen molar-refractivity contribution in [2.24, 2.45) is 5.92 Å². The van der Waals surface area contributed by atoms with Crippen molar-refractivity contribution in [2.45, 2.75) is 57.5 Å². The predicted octanol–water partition coefficient (Wildman–Crippen LogP) is 3.46. The van der Waals surface area contributed by atoms with Crippen molar-refractivity contribution < 1.29 is 22.7 Å². The summed E-state index contributed by atoms with van der Waals surface area (Å²) in [7, 11) is 0. The molecule has 9 heteroatoms. The molecule has 1 aromatic carbocycles. The molecule has 30 heavy (non-hydrogen) atoms. The zero-order valence-electron chi connectivity index (χ0n) is 16.6. The third-order valence-corrected chi connectivity index (χ3v) is 5.88. The number of hydrogen-bond donors (Lipinski definition) is 0. The highest BCUT2D eigenvalue weighted by atomic mass is 19.4. The van der Waals surface area contributed by atoms with E-state index >= 15 is 0 Å². The number of halogens is 3. The zero-order chi connectivity index (χ0) is 21.1. The molecule has 2 bridgehead atoms. The summed E-state index contributed by atoms with van der Waals surface area (Å²) < 4.78 is 46.1. The van der Waals surface area contributed by atoms with Gasteiger partial charge in [-0.25, -0.2) is 0 Å². The lowest BCUT2D eigenvalue weighted by molar-refractivity contribution is -0.141. The molecule has 6 nitrogen and oxygen atoms in total. The van der Waals surface area contributed by atoms with Crippen molar-refractivity contribution in [3.05, 3.63) is 47.3 Å². The summed E-state index contributed by atoms with van der Waals surface area (Å²) in [5.41, 5.74) is 0.792.